The van der Waals surface area contributed by atoms with Crippen molar-refractivity contribution in [2.45, 2.75) is 31.7 Å². The first kappa shape index (κ1) is 27.5. The Bertz CT molecular complexity index is 1020. The summed E-state index contributed by atoms with van der Waals surface area (Å²) in [6, 6.07) is 3.58. The maximum absolute atomic E-state index is 12.0. The van der Waals surface area contributed by atoms with Gasteiger partial charge in [0, 0.05) is 5.56 Å². The van der Waals surface area contributed by atoms with E-state index in [1.54, 1.807) is 20.8 Å². The van der Waals surface area contributed by atoms with Crippen molar-refractivity contribution in [3.05, 3.63) is 29.8 Å². The zero-order chi connectivity index (χ0) is 25.4. The van der Waals surface area contributed by atoms with Crippen molar-refractivity contribution in [2.24, 2.45) is 10.6 Å². The Labute approximate surface area is 190 Å². The topological polar surface area (TPSA) is 214 Å². The van der Waals surface area contributed by atoms with Gasteiger partial charge in [0.1, 0.15) is 6.04 Å². The zero-order valence-corrected chi connectivity index (χ0v) is 19.1. The Kier molecular flexibility index (Phi) is 9.48. The van der Waals surface area contributed by atoms with E-state index in [1.165, 1.54) is 12.1 Å². The predicted molar refractivity (Wildman–Crippen MR) is 115 cm³/mol. The van der Waals surface area contributed by atoms with Crippen LogP contribution in [0.3, 0.4) is 0 Å². The van der Waals surface area contributed by atoms with E-state index in [4.69, 9.17) is 5.14 Å². The summed E-state index contributed by atoms with van der Waals surface area (Å²) in [7, 11) is -3.90. The number of carboxylic acid groups (broad SMARTS) is 1. The molecule has 0 radical (unpaired) electrons. The van der Waals surface area contributed by atoms with Gasteiger partial charge in [0.15, 0.2) is 0 Å². The number of nitrogens with one attached hydrogen (secondary N) is 4. The fourth-order valence-corrected chi connectivity index (χ4v) is 2.92. The SMILES string of the molecule is CC(C)(C)[C@H](NC(=O)CNC(=O)CNC(=O)CNC(=O)c1ccc(S(N)(=O)=O)cc1)C(=O)O. The highest BCUT2D eigenvalue weighted by Gasteiger charge is 2.32. The lowest BCUT2D eigenvalue weighted by atomic mass is 9.87. The van der Waals surface area contributed by atoms with Crippen LogP contribution in [0.25, 0.3) is 0 Å². The number of benzene rings is 1. The number of sulfonamides is 1. The highest BCUT2D eigenvalue weighted by molar-refractivity contribution is 7.89. The Morgan fingerprint density at radius 2 is 1.33 bits per heavy atom. The summed E-state index contributed by atoms with van der Waals surface area (Å²) in [6.07, 6.45) is 0. The normalized spacial score (nSPS) is 12.2. The van der Waals surface area contributed by atoms with Crippen molar-refractivity contribution in [1.29, 1.82) is 0 Å². The third kappa shape index (κ3) is 9.65. The third-order valence-corrected chi connectivity index (χ3v) is 5.09. The summed E-state index contributed by atoms with van der Waals surface area (Å²) in [6.45, 7) is 3.48. The molecule has 0 spiro atoms. The molecule has 1 aromatic carbocycles. The number of carboxylic acids is 1. The zero-order valence-electron chi connectivity index (χ0n) is 18.3. The van der Waals surface area contributed by atoms with E-state index < -0.39 is 70.7 Å². The molecule has 1 rings (SSSR count). The molecule has 1 aromatic rings. The second-order valence-corrected chi connectivity index (χ2v) is 9.57. The van der Waals surface area contributed by atoms with Gasteiger partial charge in [0.25, 0.3) is 5.91 Å². The molecule has 182 valence electrons. The average molecular weight is 486 g/mol. The number of hydrogen-bond acceptors (Lipinski definition) is 7. The van der Waals surface area contributed by atoms with Gasteiger partial charge >= 0.3 is 5.97 Å². The van der Waals surface area contributed by atoms with Crippen LogP contribution in [0.1, 0.15) is 31.1 Å². The maximum Gasteiger partial charge on any atom is 0.326 e. The molecule has 33 heavy (non-hydrogen) atoms. The summed E-state index contributed by atoms with van der Waals surface area (Å²) in [5.41, 5.74) is -0.650. The van der Waals surface area contributed by atoms with Crippen molar-refractivity contribution in [2.75, 3.05) is 19.6 Å². The molecule has 0 aliphatic carbocycles. The minimum absolute atomic E-state index is 0.0916. The van der Waals surface area contributed by atoms with Crippen molar-refractivity contribution in [1.82, 2.24) is 21.3 Å². The third-order valence-electron chi connectivity index (χ3n) is 4.17. The van der Waals surface area contributed by atoms with Gasteiger partial charge in [-0.2, -0.15) is 0 Å². The van der Waals surface area contributed by atoms with Crippen LogP contribution in [0, 0.1) is 5.41 Å². The number of primary sulfonamides is 1. The molecule has 4 amide bonds. The molecule has 0 aromatic heterocycles. The van der Waals surface area contributed by atoms with Crippen molar-refractivity contribution < 1.29 is 37.5 Å². The lowest BCUT2D eigenvalue weighted by Crippen LogP contribution is -2.52. The first-order chi connectivity index (χ1) is 15.1. The number of aliphatic carboxylic acids is 1. The van der Waals surface area contributed by atoms with Gasteiger partial charge in [-0.25, -0.2) is 18.4 Å². The Morgan fingerprint density at radius 1 is 0.879 bits per heavy atom. The highest BCUT2D eigenvalue weighted by atomic mass is 32.2. The Hall–Kier alpha value is -3.52. The molecule has 7 N–H and O–H groups in total. The molecule has 14 heteroatoms. The number of rotatable bonds is 10. The van der Waals surface area contributed by atoms with Crippen LogP contribution in [0.4, 0.5) is 0 Å². The van der Waals surface area contributed by atoms with Crippen molar-refractivity contribution in [3.8, 4) is 0 Å². The number of carbonyl (C=O) groups is 5. The summed E-state index contributed by atoms with van der Waals surface area (Å²) in [5.74, 6) is -3.97. The van der Waals surface area contributed by atoms with Gasteiger partial charge in [-0.15, -0.1) is 0 Å². The van der Waals surface area contributed by atoms with Gasteiger partial charge in [-0.05, 0) is 29.7 Å². The largest absolute Gasteiger partial charge is 0.480 e. The van der Waals surface area contributed by atoms with E-state index >= 15 is 0 Å². The summed E-state index contributed by atoms with van der Waals surface area (Å²) in [4.78, 5) is 58.5. The highest BCUT2D eigenvalue weighted by Crippen LogP contribution is 2.19. The fourth-order valence-electron chi connectivity index (χ4n) is 2.40. The molecule has 0 unspecified atom stereocenters. The number of carbonyl (C=O) groups excluding carboxylic acids is 4. The number of hydrogen-bond donors (Lipinski definition) is 6. The van der Waals surface area contributed by atoms with E-state index in [2.05, 4.69) is 21.3 Å². The predicted octanol–water partition coefficient (Wildman–Crippen LogP) is -2.09. The van der Waals surface area contributed by atoms with E-state index in [1.807, 2.05) is 0 Å². The molecule has 0 aliphatic rings. The maximum atomic E-state index is 12.0. The second kappa shape index (κ2) is 11.4. The van der Waals surface area contributed by atoms with Crippen molar-refractivity contribution in [3.63, 3.8) is 0 Å². The standard InChI is InChI=1S/C19H27N5O8S/c1-19(2,3)16(18(29)30)24-15(27)10-22-13(25)8-21-14(26)9-23-17(28)11-4-6-12(7-5-11)33(20,31)32/h4-7,16H,8-10H2,1-3H3,(H,21,26)(H,22,25)(H,23,28)(H,24,27)(H,29,30)(H2,20,31,32)/t16-/m1/s1. The van der Waals surface area contributed by atoms with E-state index in [0.29, 0.717) is 0 Å². The first-order valence-electron chi connectivity index (χ1n) is 9.58. The smallest absolute Gasteiger partial charge is 0.326 e. The van der Waals surface area contributed by atoms with Crippen LogP contribution in [0.15, 0.2) is 29.2 Å². The Morgan fingerprint density at radius 3 is 1.76 bits per heavy atom. The quantitative estimate of drug-likeness (QED) is 0.216. The number of amides is 4. The lowest BCUT2D eigenvalue weighted by molar-refractivity contribution is -0.144. The molecule has 0 aliphatic heterocycles. The van der Waals surface area contributed by atoms with Gasteiger partial charge in [0.2, 0.25) is 27.7 Å². The van der Waals surface area contributed by atoms with Crippen LogP contribution in [-0.2, 0) is 29.2 Å². The molecule has 0 saturated heterocycles. The van der Waals surface area contributed by atoms with Gasteiger partial charge in [-0.3, -0.25) is 19.2 Å². The molecule has 0 bridgehead atoms. The minimum Gasteiger partial charge on any atom is -0.480 e. The average Bonchev–Trinajstić information content (AvgIpc) is 2.71. The minimum atomic E-state index is -3.90. The van der Waals surface area contributed by atoms with Crippen LogP contribution in [0.2, 0.25) is 0 Å². The summed E-state index contributed by atoms with van der Waals surface area (Å²) >= 11 is 0. The van der Waals surface area contributed by atoms with Crippen molar-refractivity contribution >= 4 is 39.6 Å². The molecule has 13 nitrogen and oxygen atoms in total. The molecule has 0 heterocycles. The first-order valence-corrected chi connectivity index (χ1v) is 11.1. The van der Waals surface area contributed by atoms with Crippen LogP contribution >= 0.6 is 0 Å². The van der Waals surface area contributed by atoms with Gasteiger partial charge in [0.05, 0.1) is 24.5 Å². The molecular weight excluding hydrogens is 458 g/mol. The number of nitrogens with two attached hydrogens (primary N) is 1. The van der Waals surface area contributed by atoms with E-state index in [9.17, 15) is 37.5 Å². The molecule has 1 atom stereocenters. The fraction of sp³-hybridized carbons (Fsp3) is 0.421. The van der Waals surface area contributed by atoms with Crippen LogP contribution < -0.4 is 26.4 Å². The second-order valence-electron chi connectivity index (χ2n) is 8.01. The molecule has 0 fully saturated rings. The van der Waals surface area contributed by atoms with Gasteiger partial charge in [-0.1, -0.05) is 20.8 Å². The van der Waals surface area contributed by atoms with Crippen LogP contribution in [0.5, 0.6) is 0 Å². The van der Waals surface area contributed by atoms with E-state index in [0.717, 1.165) is 12.1 Å². The summed E-state index contributed by atoms with van der Waals surface area (Å²) in [5, 5.41) is 23.2. The van der Waals surface area contributed by atoms with E-state index in [-0.39, 0.29) is 10.5 Å². The summed E-state index contributed by atoms with van der Waals surface area (Å²) < 4.78 is 22.4. The van der Waals surface area contributed by atoms with Crippen LogP contribution in [-0.4, -0.2) is 68.8 Å². The molecule has 0 saturated carbocycles. The monoisotopic (exact) mass is 485 g/mol. The Balaban J connectivity index is 2.39. The lowest BCUT2D eigenvalue weighted by Gasteiger charge is -2.27. The molecular formula is C19H27N5O8S. The van der Waals surface area contributed by atoms with Gasteiger partial charge < -0.3 is 26.4 Å².